The van der Waals surface area contributed by atoms with E-state index in [2.05, 4.69) is 10.1 Å². The number of nitrogens with zero attached hydrogens (tertiary/aromatic N) is 2. The largest absolute Gasteiger partial charge is 0.481 e. The molecule has 1 aromatic heterocycles. The number of aromatic nitrogens is 2. The minimum Gasteiger partial charge on any atom is -0.481 e. The zero-order chi connectivity index (χ0) is 15.3. The summed E-state index contributed by atoms with van der Waals surface area (Å²) in [6.45, 7) is 4.34. The van der Waals surface area contributed by atoms with Gasteiger partial charge in [-0.2, -0.15) is 4.98 Å². The molecular formula is C15H18N2O4. The zero-order valence-electron chi connectivity index (χ0n) is 12.1. The van der Waals surface area contributed by atoms with E-state index in [1.54, 1.807) is 19.1 Å². The van der Waals surface area contributed by atoms with E-state index in [4.69, 9.17) is 9.26 Å². The molecule has 0 amide bonds. The second kappa shape index (κ2) is 6.49. The van der Waals surface area contributed by atoms with Gasteiger partial charge in [0.1, 0.15) is 6.61 Å². The van der Waals surface area contributed by atoms with Crippen LogP contribution in [0.25, 0.3) is 0 Å². The van der Waals surface area contributed by atoms with E-state index in [1.807, 2.05) is 25.1 Å². The Hall–Kier alpha value is -2.21. The fourth-order valence-corrected chi connectivity index (χ4v) is 2.02. The molecule has 0 saturated carbocycles. The Bertz CT molecular complexity index is 597. The first kappa shape index (κ1) is 15.2. The molecule has 0 aliphatic heterocycles. The molecule has 1 aromatic carbocycles. The summed E-state index contributed by atoms with van der Waals surface area (Å²) >= 11 is 0. The van der Waals surface area contributed by atoms with Gasteiger partial charge in [-0.25, -0.2) is 0 Å². The molecule has 0 aliphatic rings. The van der Waals surface area contributed by atoms with Crippen molar-refractivity contribution in [2.24, 2.45) is 0 Å². The van der Waals surface area contributed by atoms with Gasteiger partial charge in [-0.3, -0.25) is 4.79 Å². The minimum absolute atomic E-state index is 0.130. The minimum atomic E-state index is -1.11. The predicted molar refractivity (Wildman–Crippen MR) is 74.8 cm³/mol. The lowest BCUT2D eigenvalue weighted by Gasteiger charge is -2.23. The van der Waals surface area contributed by atoms with Crippen LogP contribution in [0.1, 0.15) is 31.1 Å². The summed E-state index contributed by atoms with van der Waals surface area (Å²) in [5.41, 5.74) is -0.418. The molecule has 2 aromatic rings. The van der Waals surface area contributed by atoms with Gasteiger partial charge in [0.25, 0.3) is 0 Å². The van der Waals surface area contributed by atoms with Crippen LogP contribution in [0, 0.1) is 0 Å². The van der Waals surface area contributed by atoms with Crippen LogP contribution in [0.2, 0.25) is 0 Å². The van der Waals surface area contributed by atoms with Crippen molar-refractivity contribution in [3.63, 3.8) is 0 Å². The average Bonchev–Trinajstić information content (AvgIpc) is 2.93. The first-order valence-corrected chi connectivity index (χ1v) is 6.74. The monoisotopic (exact) mass is 290 g/mol. The number of ether oxygens (including phenoxy) is 1. The lowest BCUT2D eigenvalue weighted by atomic mass is 9.79. The van der Waals surface area contributed by atoms with Crippen molar-refractivity contribution in [1.29, 1.82) is 0 Å². The normalized spacial score (nSPS) is 13.8. The Kier molecular flexibility index (Phi) is 4.70. The van der Waals surface area contributed by atoms with E-state index in [9.17, 15) is 9.90 Å². The highest BCUT2D eigenvalue weighted by Gasteiger charge is 2.37. The Morgan fingerprint density at radius 3 is 2.71 bits per heavy atom. The smallest absolute Gasteiger partial charge is 0.314 e. The maximum absolute atomic E-state index is 11.7. The van der Waals surface area contributed by atoms with E-state index in [-0.39, 0.29) is 13.0 Å². The first-order chi connectivity index (χ1) is 10.1. The highest BCUT2D eigenvalue weighted by molar-refractivity contribution is 5.81. The van der Waals surface area contributed by atoms with Gasteiger partial charge in [-0.05, 0) is 19.4 Å². The van der Waals surface area contributed by atoms with Crippen LogP contribution in [0.5, 0.6) is 0 Å². The summed E-state index contributed by atoms with van der Waals surface area (Å²) in [5.74, 6) is -0.218. The summed E-state index contributed by atoms with van der Waals surface area (Å²) in [6, 6.07) is 9.03. The third-order valence-corrected chi connectivity index (χ3v) is 3.33. The van der Waals surface area contributed by atoms with Crippen molar-refractivity contribution in [3.8, 4) is 0 Å². The zero-order valence-corrected chi connectivity index (χ0v) is 12.1. The van der Waals surface area contributed by atoms with Gasteiger partial charge in [0, 0.05) is 13.0 Å². The van der Waals surface area contributed by atoms with Gasteiger partial charge < -0.3 is 14.4 Å². The molecule has 6 nitrogen and oxygen atoms in total. The lowest BCUT2D eigenvalue weighted by molar-refractivity contribution is -0.143. The van der Waals surface area contributed by atoms with Crippen molar-refractivity contribution >= 4 is 5.97 Å². The maximum Gasteiger partial charge on any atom is 0.314 e. The summed E-state index contributed by atoms with van der Waals surface area (Å²) in [5, 5.41) is 13.4. The highest BCUT2D eigenvalue weighted by Crippen LogP contribution is 2.28. The molecule has 1 atom stereocenters. The van der Waals surface area contributed by atoms with Crippen LogP contribution < -0.4 is 0 Å². The summed E-state index contributed by atoms with van der Waals surface area (Å²) in [4.78, 5) is 15.9. The molecule has 1 unspecified atom stereocenters. The predicted octanol–water partition coefficient (Wildman–Crippen LogP) is 2.19. The van der Waals surface area contributed by atoms with E-state index in [0.717, 1.165) is 0 Å². The fraction of sp³-hybridized carbons (Fsp3) is 0.400. The topological polar surface area (TPSA) is 85.5 Å². The van der Waals surface area contributed by atoms with Crippen LogP contribution in [-0.2, 0) is 28.0 Å². The second-order valence-electron chi connectivity index (χ2n) is 4.92. The van der Waals surface area contributed by atoms with Crippen LogP contribution in [0.15, 0.2) is 34.9 Å². The van der Waals surface area contributed by atoms with E-state index >= 15 is 0 Å². The molecule has 0 fully saturated rings. The molecule has 21 heavy (non-hydrogen) atoms. The quantitative estimate of drug-likeness (QED) is 0.841. The number of aliphatic carboxylic acids is 1. The third kappa shape index (κ3) is 3.46. The number of benzene rings is 1. The molecule has 0 aliphatic carbocycles. The molecule has 0 bridgehead atoms. The third-order valence-electron chi connectivity index (χ3n) is 3.33. The molecule has 1 N–H and O–H groups in total. The summed E-state index contributed by atoms with van der Waals surface area (Å²) in [6.07, 6.45) is 0.130. The SMILES string of the molecule is CCOCc1noc(CC(C)(C(=O)O)c2ccccc2)n1. The molecule has 0 radical (unpaired) electrons. The van der Waals surface area contributed by atoms with Gasteiger partial charge in [-0.1, -0.05) is 35.5 Å². The van der Waals surface area contributed by atoms with Crippen molar-refractivity contribution in [2.75, 3.05) is 6.61 Å². The van der Waals surface area contributed by atoms with Crippen molar-refractivity contribution in [2.45, 2.75) is 32.3 Å². The first-order valence-electron chi connectivity index (χ1n) is 6.74. The fourth-order valence-electron chi connectivity index (χ4n) is 2.02. The number of carboxylic acid groups (broad SMARTS) is 1. The number of carboxylic acids is 1. The molecule has 1 heterocycles. The summed E-state index contributed by atoms with van der Waals surface area (Å²) in [7, 11) is 0. The Morgan fingerprint density at radius 2 is 2.10 bits per heavy atom. The van der Waals surface area contributed by atoms with Gasteiger partial charge in [-0.15, -0.1) is 0 Å². The lowest BCUT2D eigenvalue weighted by Crippen LogP contribution is -2.34. The van der Waals surface area contributed by atoms with E-state index in [1.165, 1.54) is 0 Å². The van der Waals surface area contributed by atoms with Crippen molar-refractivity contribution in [1.82, 2.24) is 10.1 Å². The van der Waals surface area contributed by atoms with Crippen molar-refractivity contribution < 1.29 is 19.2 Å². The molecule has 0 spiro atoms. The van der Waals surface area contributed by atoms with Crippen LogP contribution in [0.3, 0.4) is 0 Å². The molecular weight excluding hydrogens is 272 g/mol. The standard InChI is InChI=1S/C15H18N2O4/c1-3-20-10-12-16-13(21-17-12)9-15(2,14(18)19)11-7-5-4-6-8-11/h4-8H,3,9-10H2,1-2H3,(H,18,19). The highest BCUT2D eigenvalue weighted by atomic mass is 16.5. The number of rotatable bonds is 7. The van der Waals surface area contributed by atoms with E-state index < -0.39 is 11.4 Å². The Balaban J connectivity index is 2.21. The molecule has 112 valence electrons. The van der Waals surface area contributed by atoms with E-state index in [0.29, 0.717) is 23.9 Å². The van der Waals surface area contributed by atoms with Crippen LogP contribution >= 0.6 is 0 Å². The number of hydrogen-bond donors (Lipinski definition) is 1. The Morgan fingerprint density at radius 1 is 1.38 bits per heavy atom. The van der Waals surface area contributed by atoms with Gasteiger partial charge in [0.2, 0.25) is 5.89 Å². The maximum atomic E-state index is 11.7. The van der Waals surface area contributed by atoms with Crippen LogP contribution in [-0.4, -0.2) is 27.8 Å². The molecule has 2 rings (SSSR count). The van der Waals surface area contributed by atoms with Gasteiger partial charge >= 0.3 is 5.97 Å². The Labute approximate surface area is 122 Å². The van der Waals surface area contributed by atoms with Crippen LogP contribution in [0.4, 0.5) is 0 Å². The van der Waals surface area contributed by atoms with Crippen molar-refractivity contribution in [3.05, 3.63) is 47.6 Å². The van der Waals surface area contributed by atoms with Gasteiger partial charge in [0.15, 0.2) is 5.82 Å². The number of hydrogen-bond acceptors (Lipinski definition) is 5. The summed E-state index contributed by atoms with van der Waals surface area (Å²) < 4.78 is 10.3. The van der Waals surface area contributed by atoms with Gasteiger partial charge in [0.05, 0.1) is 5.41 Å². The second-order valence-corrected chi connectivity index (χ2v) is 4.92. The number of carbonyl (C=O) groups is 1. The molecule has 6 heteroatoms. The average molecular weight is 290 g/mol. The molecule has 0 saturated heterocycles.